The van der Waals surface area contributed by atoms with E-state index >= 15 is 0 Å². The van der Waals surface area contributed by atoms with Crippen LogP contribution in [0, 0.1) is 10.1 Å². The van der Waals surface area contributed by atoms with Gasteiger partial charge in [-0.2, -0.15) is 0 Å². The standard InChI is InChI=1S/C9H8N2O7/c10-6(9(15)16)5-4(11(17)18)2-1-3(7(5)12)8(13)14/h1-2,6,12H,10H2,(H,13,14)(H,15,16)/t6-/m0/s1. The minimum Gasteiger partial charge on any atom is -0.506 e. The van der Waals surface area contributed by atoms with Crippen molar-refractivity contribution in [3.8, 4) is 5.75 Å². The van der Waals surface area contributed by atoms with E-state index in [0.717, 1.165) is 12.1 Å². The smallest absolute Gasteiger partial charge is 0.339 e. The van der Waals surface area contributed by atoms with Gasteiger partial charge in [-0.25, -0.2) is 4.79 Å². The van der Waals surface area contributed by atoms with Crippen molar-refractivity contribution in [1.29, 1.82) is 0 Å². The average Bonchev–Trinajstić information content (AvgIpc) is 2.26. The number of benzene rings is 1. The Morgan fingerprint density at radius 3 is 2.28 bits per heavy atom. The van der Waals surface area contributed by atoms with Crippen LogP contribution in [-0.4, -0.2) is 32.2 Å². The van der Waals surface area contributed by atoms with Gasteiger partial charge >= 0.3 is 11.9 Å². The maximum Gasteiger partial charge on any atom is 0.339 e. The molecule has 1 rings (SSSR count). The molecular weight excluding hydrogens is 248 g/mol. The van der Waals surface area contributed by atoms with E-state index in [2.05, 4.69) is 0 Å². The van der Waals surface area contributed by atoms with E-state index in [1.165, 1.54) is 0 Å². The second-order valence-corrected chi connectivity index (χ2v) is 3.27. The molecule has 0 fully saturated rings. The Morgan fingerprint density at radius 2 is 1.89 bits per heavy atom. The molecular formula is C9H8N2O7. The molecule has 0 saturated carbocycles. The van der Waals surface area contributed by atoms with Gasteiger partial charge in [-0.1, -0.05) is 0 Å². The molecule has 96 valence electrons. The molecule has 0 aromatic heterocycles. The number of carbonyl (C=O) groups is 2. The maximum absolute atomic E-state index is 10.7. The zero-order valence-corrected chi connectivity index (χ0v) is 8.73. The SMILES string of the molecule is N[C@H](C(=O)O)c1c([N+](=O)[O-])ccc(C(=O)O)c1O. The highest BCUT2D eigenvalue weighted by Crippen LogP contribution is 2.35. The van der Waals surface area contributed by atoms with E-state index in [9.17, 15) is 24.8 Å². The van der Waals surface area contributed by atoms with Crippen LogP contribution in [0.1, 0.15) is 22.0 Å². The summed E-state index contributed by atoms with van der Waals surface area (Å²) in [6.07, 6.45) is 0. The number of nitrogens with two attached hydrogens (primary N) is 1. The third-order valence-corrected chi connectivity index (χ3v) is 2.20. The van der Waals surface area contributed by atoms with E-state index in [0.29, 0.717) is 0 Å². The predicted molar refractivity (Wildman–Crippen MR) is 56.3 cm³/mol. The van der Waals surface area contributed by atoms with Crippen molar-refractivity contribution in [1.82, 2.24) is 0 Å². The molecule has 0 heterocycles. The number of hydrogen-bond donors (Lipinski definition) is 4. The number of nitrogens with zero attached hydrogens (tertiary/aromatic N) is 1. The Bertz CT molecular complexity index is 540. The van der Waals surface area contributed by atoms with Gasteiger partial charge in [0.2, 0.25) is 0 Å². The molecule has 9 nitrogen and oxygen atoms in total. The molecule has 0 spiro atoms. The number of aliphatic carboxylic acids is 1. The monoisotopic (exact) mass is 256 g/mol. The minimum absolute atomic E-state index is 0.660. The van der Waals surface area contributed by atoms with Crippen LogP contribution < -0.4 is 5.73 Å². The van der Waals surface area contributed by atoms with Crippen LogP contribution in [0.25, 0.3) is 0 Å². The van der Waals surface area contributed by atoms with Gasteiger partial charge in [0.15, 0.2) is 0 Å². The molecule has 0 unspecified atom stereocenters. The molecule has 0 bridgehead atoms. The number of rotatable bonds is 4. The first kappa shape index (κ1) is 13.4. The van der Waals surface area contributed by atoms with Crippen LogP contribution in [0.4, 0.5) is 5.69 Å². The first-order valence-corrected chi connectivity index (χ1v) is 4.49. The fourth-order valence-electron chi connectivity index (χ4n) is 1.36. The number of nitro benzene ring substituents is 1. The number of carboxylic acid groups (broad SMARTS) is 2. The lowest BCUT2D eigenvalue weighted by atomic mass is 10.0. The van der Waals surface area contributed by atoms with Crippen molar-refractivity contribution >= 4 is 17.6 Å². The summed E-state index contributed by atoms with van der Waals surface area (Å²) in [5.74, 6) is -4.20. The number of carboxylic acids is 2. The third-order valence-electron chi connectivity index (χ3n) is 2.20. The summed E-state index contributed by atoms with van der Waals surface area (Å²) in [5, 5.41) is 37.7. The predicted octanol–water partition coefficient (Wildman–Crippen LogP) is 0.0830. The molecule has 1 aromatic carbocycles. The summed E-state index contributed by atoms with van der Waals surface area (Å²) in [7, 11) is 0. The summed E-state index contributed by atoms with van der Waals surface area (Å²) in [6, 6.07) is -0.320. The summed E-state index contributed by atoms with van der Waals surface area (Å²) in [6.45, 7) is 0. The van der Waals surface area contributed by atoms with Crippen molar-refractivity contribution in [2.45, 2.75) is 6.04 Å². The normalized spacial score (nSPS) is 11.8. The number of aromatic hydroxyl groups is 1. The van der Waals surface area contributed by atoms with Crippen molar-refractivity contribution < 1.29 is 29.8 Å². The van der Waals surface area contributed by atoms with Gasteiger partial charge in [-0.05, 0) is 6.07 Å². The number of aromatic carboxylic acids is 1. The highest BCUT2D eigenvalue weighted by Gasteiger charge is 2.31. The molecule has 0 amide bonds. The number of hydrogen-bond acceptors (Lipinski definition) is 6. The summed E-state index contributed by atoms with van der Waals surface area (Å²) >= 11 is 0. The van der Waals surface area contributed by atoms with Gasteiger partial charge in [-0.15, -0.1) is 0 Å². The largest absolute Gasteiger partial charge is 0.506 e. The van der Waals surface area contributed by atoms with Crippen LogP contribution in [0.3, 0.4) is 0 Å². The van der Waals surface area contributed by atoms with Gasteiger partial charge in [0, 0.05) is 6.07 Å². The van der Waals surface area contributed by atoms with Crippen molar-refractivity contribution in [3.63, 3.8) is 0 Å². The first-order valence-electron chi connectivity index (χ1n) is 4.49. The Balaban J connectivity index is 3.60. The second kappa shape index (κ2) is 4.67. The summed E-state index contributed by atoms with van der Waals surface area (Å²) in [5.41, 5.74) is 3.03. The van der Waals surface area contributed by atoms with Gasteiger partial charge < -0.3 is 21.1 Å². The maximum atomic E-state index is 10.7. The Labute approximate surface area is 99.2 Å². The van der Waals surface area contributed by atoms with Gasteiger partial charge in [-0.3, -0.25) is 14.9 Å². The van der Waals surface area contributed by atoms with Crippen LogP contribution in [0.2, 0.25) is 0 Å². The van der Waals surface area contributed by atoms with Crippen LogP contribution in [-0.2, 0) is 4.79 Å². The minimum atomic E-state index is -1.90. The molecule has 0 aliphatic rings. The van der Waals surface area contributed by atoms with E-state index in [4.69, 9.17) is 15.9 Å². The molecule has 1 atom stereocenters. The molecule has 0 saturated heterocycles. The fourth-order valence-corrected chi connectivity index (χ4v) is 1.36. The number of nitro groups is 1. The summed E-state index contributed by atoms with van der Waals surface area (Å²) < 4.78 is 0. The lowest BCUT2D eigenvalue weighted by Crippen LogP contribution is -2.22. The van der Waals surface area contributed by atoms with Crippen LogP contribution in [0.5, 0.6) is 5.75 Å². The molecule has 5 N–H and O–H groups in total. The van der Waals surface area contributed by atoms with Crippen LogP contribution in [0.15, 0.2) is 12.1 Å². The molecule has 1 aromatic rings. The molecule has 18 heavy (non-hydrogen) atoms. The van der Waals surface area contributed by atoms with Gasteiger partial charge in [0.1, 0.15) is 22.9 Å². The fraction of sp³-hybridized carbons (Fsp3) is 0.111. The Morgan fingerprint density at radius 1 is 1.33 bits per heavy atom. The van der Waals surface area contributed by atoms with E-state index < -0.39 is 45.5 Å². The highest BCUT2D eigenvalue weighted by atomic mass is 16.6. The second-order valence-electron chi connectivity index (χ2n) is 3.27. The summed E-state index contributed by atoms with van der Waals surface area (Å²) in [4.78, 5) is 31.2. The van der Waals surface area contributed by atoms with Gasteiger partial charge in [0.25, 0.3) is 5.69 Å². The Kier molecular flexibility index (Phi) is 3.47. The number of phenols is 1. The topological polar surface area (TPSA) is 164 Å². The Hall–Kier alpha value is -2.68. The van der Waals surface area contributed by atoms with Crippen molar-refractivity contribution in [2.75, 3.05) is 0 Å². The lowest BCUT2D eigenvalue weighted by molar-refractivity contribution is -0.385. The van der Waals surface area contributed by atoms with Crippen molar-refractivity contribution in [3.05, 3.63) is 33.4 Å². The van der Waals surface area contributed by atoms with E-state index in [1.807, 2.05) is 0 Å². The van der Waals surface area contributed by atoms with Gasteiger partial charge in [0.05, 0.1) is 4.92 Å². The van der Waals surface area contributed by atoms with E-state index in [-0.39, 0.29) is 0 Å². The quantitative estimate of drug-likeness (QED) is 0.434. The molecule has 0 aliphatic heterocycles. The zero-order chi connectivity index (χ0) is 14.0. The van der Waals surface area contributed by atoms with Crippen molar-refractivity contribution in [2.24, 2.45) is 5.73 Å². The molecule has 0 radical (unpaired) electrons. The third kappa shape index (κ3) is 2.20. The molecule has 0 aliphatic carbocycles. The molecule has 9 heteroatoms. The van der Waals surface area contributed by atoms with E-state index in [1.54, 1.807) is 0 Å². The lowest BCUT2D eigenvalue weighted by Gasteiger charge is -2.11. The average molecular weight is 256 g/mol. The van der Waals surface area contributed by atoms with Crippen LogP contribution >= 0.6 is 0 Å². The zero-order valence-electron chi connectivity index (χ0n) is 8.73. The highest BCUT2D eigenvalue weighted by molar-refractivity contribution is 5.93. The first-order chi connectivity index (χ1) is 8.27.